The molecule has 0 fully saturated rings. The summed E-state index contributed by atoms with van der Waals surface area (Å²) in [5.74, 6) is 1.32. The number of hydrogen-bond donors (Lipinski definition) is 2. The van der Waals surface area contributed by atoms with Gasteiger partial charge in [0.05, 0.1) is 0 Å². The van der Waals surface area contributed by atoms with Gasteiger partial charge in [-0.05, 0) is 23.0 Å². The fourth-order valence-electron chi connectivity index (χ4n) is 1.68. The Balaban J connectivity index is 0. The Kier molecular flexibility index (Phi) is 16.5. The Labute approximate surface area is 171 Å². The van der Waals surface area contributed by atoms with Gasteiger partial charge in [-0.3, -0.25) is 10.5 Å². The standard InChI is InChI=1S/2C9H12.K.H2O2.H/c2*1-8(2)9-6-4-3-5-7-9;;1-2;/h2*3-8H,1-2H3;;1-2H;. The van der Waals surface area contributed by atoms with E-state index in [4.69, 9.17) is 10.5 Å². The summed E-state index contributed by atoms with van der Waals surface area (Å²) in [5, 5.41) is 12.0. The zero-order valence-electron chi connectivity index (χ0n) is 12.8. The third-order valence-corrected chi connectivity index (χ3v) is 2.93. The second-order valence-electron chi connectivity index (χ2n) is 5.13. The monoisotopic (exact) mass is 314 g/mol. The summed E-state index contributed by atoms with van der Waals surface area (Å²) in [7, 11) is 0. The average Bonchev–Trinajstić information content (AvgIpc) is 2.51. The summed E-state index contributed by atoms with van der Waals surface area (Å²) in [6, 6.07) is 21.0. The molecule has 2 aromatic carbocycles. The Morgan fingerprint density at radius 2 is 0.810 bits per heavy atom. The Hall–Kier alpha value is -0.00364. The molecule has 0 unspecified atom stereocenters. The Bertz CT molecular complexity index is 384. The molecule has 2 rings (SSSR count). The minimum absolute atomic E-state index is 0. The SMILES string of the molecule is CC(C)c1ccccc1.CC(C)c1ccccc1.OO.[KH]. The average molecular weight is 315 g/mol. The molecule has 21 heavy (non-hydrogen) atoms. The van der Waals surface area contributed by atoms with E-state index >= 15 is 0 Å². The van der Waals surface area contributed by atoms with Gasteiger partial charge in [-0.2, -0.15) is 0 Å². The molecule has 3 heteroatoms. The van der Waals surface area contributed by atoms with Gasteiger partial charge in [-0.1, -0.05) is 88.4 Å². The molecule has 2 aromatic rings. The van der Waals surface area contributed by atoms with Crippen molar-refractivity contribution in [3.8, 4) is 0 Å². The van der Waals surface area contributed by atoms with Crippen LogP contribution in [-0.2, 0) is 0 Å². The van der Waals surface area contributed by atoms with Crippen molar-refractivity contribution in [1.82, 2.24) is 0 Å². The molecule has 0 amide bonds. The predicted molar refractivity (Wildman–Crippen MR) is 93.5 cm³/mol. The van der Waals surface area contributed by atoms with Crippen molar-refractivity contribution in [2.45, 2.75) is 39.5 Å². The van der Waals surface area contributed by atoms with Gasteiger partial charge >= 0.3 is 51.4 Å². The maximum absolute atomic E-state index is 6.00. The van der Waals surface area contributed by atoms with E-state index in [-0.39, 0.29) is 51.4 Å². The van der Waals surface area contributed by atoms with E-state index in [0.717, 1.165) is 0 Å². The molecule has 112 valence electrons. The van der Waals surface area contributed by atoms with Gasteiger partial charge in [0.15, 0.2) is 0 Å². The molecule has 2 N–H and O–H groups in total. The van der Waals surface area contributed by atoms with Gasteiger partial charge < -0.3 is 0 Å². The van der Waals surface area contributed by atoms with Crippen LogP contribution in [-0.4, -0.2) is 61.9 Å². The van der Waals surface area contributed by atoms with Crippen molar-refractivity contribution >= 4 is 51.4 Å². The minimum atomic E-state index is 0. The molecule has 0 spiro atoms. The first-order valence-corrected chi connectivity index (χ1v) is 6.91. The van der Waals surface area contributed by atoms with Crippen LogP contribution in [0.15, 0.2) is 60.7 Å². The molecule has 2 nitrogen and oxygen atoms in total. The summed E-state index contributed by atoms with van der Waals surface area (Å²) in [6.07, 6.45) is 0. The molecule has 0 heterocycles. The van der Waals surface area contributed by atoms with Crippen molar-refractivity contribution in [3.05, 3.63) is 71.8 Å². The van der Waals surface area contributed by atoms with Crippen LogP contribution in [0.4, 0.5) is 0 Å². The van der Waals surface area contributed by atoms with Crippen LogP contribution in [0.5, 0.6) is 0 Å². The normalized spacial score (nSPS) is 8.95. The molecule has 0 aliphatic heterocycles. The zero-order chi connectivity index (χ0) is 15.4. The molecule has 0 aromatic heterocycles. The van der Waals surface area contributed by atoms with E-state index in [1.165, 1.54) is 11.1 Å². The molecule has 0 aliphatic carbocycles. The summed E-state index contributed by atoms with van der Waals surface area (Å²) >= 11 is 0. The molecular formula is C18H27KO2. The fraction of sp³-hybridized carbons (Fsp3) is 0.333. The van der Waals surface area contributed by atoms with Crippen molar-refractivity contribution < 1.29 is 10.5 Å². The number of benzene rings is 2. The first-order valence-electron chi connectivity index (χ1n) is 6.91. The van der Waals surface area contributed by atoms with Gasteiger partial charge in [0, 0.05) is 0 Å². The van der Waals surface area contributed by atoms with E-state index < -0.39 is 0 Å². The fourth-order valence-corrected chi connectivity index (χ4v) is 1.68. The quantitative estimate of drug-likeness (QED) is 0.466. The summed E-state index contributed by atoms with van der Waals surface area (Å²) in [4.78, 5) is 0. The predicted octanol–water partition coefficient (Wildman–Crippen LogP) is 4.99. The van der Waals surface area contributed by atoms with Gasteiger partial charge in [0.1, 0.15) is 0 Å². The van der Waals surface area contributed by atoms with Gasteiger partial charge in [-0.15, -0.1) is 0 Å². The van der Waals surface area contributed by atoms with Crippen LogP contribution < -0.4 is 0 Å². The summed E-state index contributed by atoms with van der Waals surface area (Å²) < 4.78 is 0. The summed E-state index contributed by atoms with van der Waals surface area (Å²) in [5.41, 5.74) is 2.83. The molecule has 0 aliphatic rings. The molecule has 0 atom stereocenters. The number of rotatable bonds is 2. The second-order valence-corrected chi connectivity index (χ2v) is 5.13. The van der Waals surface area contributed by atoms with E-state index in [1.807, 2.05) is 12.1 Å². The van der Waals surface area contributed by atoms with Crippen molar-refractivity contribution in [2.75, 3.05) is 0 Å². The molecule has 0 saturated carbocycles. The van der Waals surface area contributed by atoms with Crippen LogP contribution in [0, 0.1) is 0 Å². The molecule has 0 saturated heterocycles. The molecule has 0 bridgehead atoms. The third-order valence-electron chi connectivity index (χ3n) is 2.93. The first kappa shape index (κ1) is 23.3. The van der Waals surface area contributed by atoms with E-state index in [0.29, 0.717) is 11.8 Å². The van der Waals surface area contributed by atoms with Gasteiger partial charge in [-0.25, -0.2) is 0 Å². The van der Waals surface area contributed by atoms with Gasteiger partial charge in [0.2, 0.25) is 0 Å². The third kappa shape index (κ3) is 11.2. The first-order chi connectivity index (χ1) is 9.61. The molecular weight excluding hydrogens is 287 g/mol. The van der Waals surface area contributed by atoms with Crippen LogP contribution in [0.2, 0.25) is 0 Å². The Morgan fingerprint density at radius 1 is 0.571 bits per heavy atom. The van der Waals surface area contributed by atoms with Crippen molar-refractivity contribution in [3.63, 3.8) is 0 Å². The van der Waals surface area contributed by atoms with E-state index in [1.54, 1.807) is 0 Å². The summed E-state index contributed by atoms with van der Waals surface area (Å²) in [6.45, 7) is 8.81. The second kappa shape index (κ2) is 14.9. The Morgan fingerprint density at radius 3 is 0.952 bits per heavy atom. The van der Waals surface area contributed by atoms with E-state index in [2.05, 4.69) is 76.2 Å². The van der Waals surface area contributed by atoms with Crippen molar-refractivity contribution in [1.29, 1.82) is 0 Å². The number of hydrogen-bond acceptors (Lipinski definition) is 2. The zero-order valence-corrected chi connectivity index (χ0v) is 12.8. The van der Waals surface area contributed by atoms with Gasteiger partial charge in [0.25, 0.3) is 0 Å². The van der Waals surface area contributed by atoms with Crippen LogP contribution in [0.25, 0.3) is 0 Å². The van der Waals surface area contributed by atoms with Crippen molar-refractivity contribution in [2.24, 2.45) is 0 Å². The van der Waals surface area contributed by atoms with Crippen LogP contribution in [0.1, 0.15) is 50.7 Å². The maximum atomic E-state index is 6.00. The molecule has 0 radical (unpaired) electrons. The topological polar surface area (TPSA) is 40.5 Å². The van der Waals surface area contributed by atoms with Crippen LogP contribution in [0.3, 0.4) is 0 Å². The van der Waals surface area contributed by atoms with E-state index in [9.17, 15) is 0 Å². The van der Waals surface area contributed by atoms with Crippen LogP contribution >= 0.6 is 0 Å².